The molecule has 0 aliphatic carbocycles. The standard InChI is InChI=1S/C16H20N2O2S/c1-3-13-8-4-5-9-14(13)11-18-21(19,20)16-12(2)7-6-10-15(16)17/h4-10,18H,3,11,17H2,1-2H3. The summed E-state index contributed by atoms with van der Waals surface area (Å²) >= 11 is 0. The number of sulfonamides is 1. The fraction of sp³-hybridized carbons (Fsp3) is 0.250. The Morgan fingerprint density at radius 2 is 1.71 bits per heavy atom. The lowest BCUT2D eigenvalue weighted by Gasteiger charge is -2.13. The van der Waals surface area contributed by atoms with Crippen LogP contribution in [0.3, 0.4) is 0 Å². The van der Waals surface area contributed by atoms with Gasteiger partial charge >= 0.3 is 0 Å². The Morgan fingerprint density at radius 3 is 2.33 bits per heavy atom. The molecule has 0 aliphatic rings. The van der Waals surface area contributed by atoms with Crippen molar-refractivity contribution in [1.29, 1.82) is 0 Å². The minimum absolute atomic E-state index is 0.166. The molecule has 2 rings (SSSR count). The molecule has 4 nitrogen and oxygen atoms in total. The summed E-state index contributed by atoms with van der Waals surface area (Å²) in [6.07, 6.45) is 0.865. The van der Waals surface area contributed by atoms with E-state index in [1.165, 1.54) is 0 Å². The first-order valence-electron chi connectivity index (χ1n) is 6.87. The van der Waals surface area contributed by atoms with E-state index in [4.69, 9.17) is 5.73 Å². The summed E-state index contributed by atoms with van der Waals surface area (Å²) in [5.74, 6) is 0. The van der Waals surface area contributed by atoms with Crippen molar-refractivity contribution in [1.82, 2.24) is 4.72 Å². The number of rotatable bonds is 5. The second kappa shape index (κ2) is 6.28. The molecule has 0 bridgehead atoms. The first kappa shape index (κ1) is 15.5. The van der Waals surface area contributed by atoms with Gasteiger partial charge in [-0.25, -0.2) is 13.1 Å². The third-order valence-corrected chi connectivity index (χ3v) is 5.08. The maximum atomic E-state index is 12.5. The van der Waals surface area contributed by atoms with Crippen LogP contribution < -0.4 is 10.5 Å². The number of nitrogens with two attached hydrogens (primary N) is 1. The highest BCUT2D eigenvalue weighted by Crippen LogP contribution is 2.22. The zero-order chi connectivity index (χ0) is 15.5. The van der Waals surface area contributed by atoms with E-state index >= 15 is 0 Å². The summed E-state index contributed by atoms with van der Waals surface area (Å²) < 4.78 is 27.6. The van der Waals surface area contributed by atoms with E-state index < -0.39 is 10.0 Å². The summed E-state index contributed by atoms with van der Waals surface area (Å²) in [4.78, 5) is 0.166. The van der Waals surface area contributed by atoms with Gasteiger partial charge in [0.05, 0.1) is 5.69 Å². The zero-order valence-corrected chi connectivity index (χ0v) is 13.1. The lowest BCUT2D eigenvalue weighted by atomic mass is 10.1. The molecule has 112 valence electrons. The largest absolute Gasteiger partial charge is 0.398 e. The smallest absolute Gasteiger partial charge is 0.243 e. The minimum atomic E-state index is -3.62. The number of aryl methyl sites for hydroxylation is 2. The molecule has 3 N–H and O–H groups in total. The lowest BCUT2D eigenvalue weighted by molar-refractivity contribution is 0.581. The van der Waals surface area contributed by atoms with Gasteiger partial charge in [-0.2, -0.15) is 0 Å². The Balaban J connectivity index is 2.27. The zero-order valence-electron chi connectivity index (χ0n) is 12.3. The highest BCUT2D eigenvalue weighted by Gasteiger charge is 2.19. The van der Waals surface area contributed by atoms with E-state index in [9.17, 15) is 8.42 Å². The summed E-state index contributed by atoms with van der Waals surface area (Å²) in [5.41, 5.74) is 8.85. The Hall–Kier alpha value is -1.85. The molecule has 0 amide bonds. The molecule has 0 aliphatic heterocycles. The summed E-state index contributed by atoms with van der Waals surface area (Å²) in [5, 5.41) is 0. The first-order chi connectivity index (χ1) is 9.95. The van der Waals surface area contributed by atoms with Gasteiger partial charge in [0.1, 0.15) is 4.90 Å². The molecule has 0 unspecified atom stereocenters. The van der Waals surface area contributed by atoms with E-state index in [0.717, 1.165) is 17.5 Å². The van der Waals surface area contributed by atoms with E-state index in [1.807, 2.05) is 31.2 Å². The maximum absolute atomic E-state index is 12.5. The first-order valence-corrected chi connectivity index (χ1v) is 8.35. The van der Waals surface area contributed by atoms with E-state index in [-0.39, 0.29) is 17.1 Å². The van der Waals surface area contributed by atoms with Crippen LogP contribution in [0.1, 0.15) is 23.6 Å². The fourth-order valence-electron chi connectivity index (χ4n) is 2.36. The Bertz CT molecular complexity index is 719. The normalized spacial score (nSPS) is 11.5. The SMILES string of the molecule is CCc1ccccc1CNS(=O)(=O)c1c(C)cccc1N. The van der Waals surface area contributed by atoms with E-state index in [2.05, 4.69) is 4.72 Å². The van der Waals surface area contributed by atoms with Gasteiger partial charge in [0.25, 0.3) is 0 Å². The molecular formula is C16H20N2O2S. The van der Waals surface area contributed by atoms with Crippen LogP contribution in [0.4, 0.5) is 5.69 Å². The van der Waals surface area contributed by atoms with Gasteiger partial charge in [-0.05, 0) is 36.1 Å². The fourth-order valence-corrected chi connectivity index (χ4v) is 3.72. The van der Waals surface area contributed by atoms with Crippen LogP contribution >= 0.6 is 0 Å². The van der Waals surface area contributed by atoms with Crippen molar-refractivity contribution in [2.75, 3.05) is 5.73 Å². The molecular weight excluding hydrogens is 284 g/mol. The molecule has 0 atom stereocenters. The van der Waals surface area contributed by atoms with E-state index in [1.54, 1.807) is 25.1 Å². The van der Waals surface area contributed by atoms with E-state index in [0.29, 0.717) is 5.56 Å². The van der Waals surface area contributed by atoms with Crippen LogP contribution in [0.5, 0.6) is 0 Å². The third-order valence-electron chi connectivity index (χ3n) is 3.46. The molecule has 2 aromatic rings. The van der Waals surface area contributed by atoms with Crippen molar-refractivity contribution in [3.05, 3.63) is 59.2 Å². The quantitative estimate of drug-likeness (QED) is 0.834. The van der Waals surface area contributed by atoms with Gasteiger partial charge in [-0.1, -0.05) is 43.3 Å². The topological polar surface area (TPSA) is 72.2 Å². The van der Waals surface area contributed by atoms with Crippen molar-refractivity contribution in [2.24, 2.45) is 0 Å². The Labute approximate surface area is 126 Å². The average Bonchev–Trinajstić information content (AvgIpc) is 2.45. The highest BCUT2D eigenvalue weighted by molar-refractivity contribution is 7.89. The predicted octanol–water partition coefficient (Wildman–Crippen LogP) is 2.62. The number of benzene rings is 2. The second-order valence-corrected chi connectivity index (χ2v) is 6.64. The lowest BCUT2D eigenvalue weighted by Crippen LogP contribution is -2.25. The van der Waals surface area contributed by atoms with Crippen molar-refractivity contribution in [2.45, 2.75) is 31.7 Å². The average molecular weight is 304 g/mol. The van der Waals surface area contributed by atoms with Crippen LogP contribution in [0.2, 0.25) is 0 Å². The van der Waals surface area contributed by atoms with Crippen LogP contribution in [0.25, 0.3) is 0 Å². The number of hydrogen-bond acceptors (Lipinski definition) is 3. The molecule has 5 heteroatoms. The summed E-state index contributed by atoms with van der Waals surface area (Å²) in [6.45, 7) is 4.05. The highest BCUT2D eigenvalue weighted by atomic mass is 32.2. The van der Waals surface area contributed by atoms with Crippen molar-refractivity contribution in [3.8, 4) is 0 Å². The third kappa shape index (κ3) is 3.43. The van der Waals surface area contributed by atoms with Crippen molar-refractivity contribution >= 4 is 15.7 Å². The Morgan fingerprint density at radius 1 is 1.05 bits per heavy atom. The summed E-state index contributed by atoms with van der Waals surface area (Å²) in [7, 11) is -3.62. The monoisotopic (exact) mass is 304 g/mol. The molecule has 0 aromatic heterocycles. The molecule has 0 heterocycles. The van der Waals surface area contributed by atoms with Crippen LogP contribution in [-0.2, 0) is 23.0 Å². The van der Waals surface area contributed by atoms with Gasteiger partial charge in [-0.15, -0.1) is 0 Å². The molecule has 0 fully saturated rings. The molecule has 2 aromatic carbocycles. The van der Waals surface area contributed by atoms with Gasteiger partial charge < -0.3 is 5.73 Å². The van der Waals surface area contributed by atoms with Crippen LogP contribution in [-0.4, -0.2) is 8.42 Å². The van der Waals surface area contributed by atoms with Crippen molar-refractivity contribution < 1.29 is 8.42 Å². The molecule has 0 spiro atoms. The van der Waals surface area contributed by atoms with Crippen LogP contribution in [0.15, 0.2) is 47.4 Å². The van der Waals surface area contributed by atoms with Gasteiger partial charge in [-0.3, -0.25) is 0 Å². The van der Waals surface area contributed by atoms with Gasteiger partial charge in [0.2, 0.25) is 10.0 Å². The van der Waals surface area contributed by atoms with Gasteiger partial charge in [0, 0.05) is 6.54 Å². The Kier molecular flexibility index (Phi) is 4.65. The molecule has 0 radical (unpaired) electrons. The number of nitrogen functional groups attached to an aromatic ring is 1. The van der Waals surface area contributed by atoms with Crippen molar-refractivity contribution in [3.63, 3.8) is 0 Å². The van der Waals surface area contributed by atoms with Gasteiger partial charge in [0.15, 0.2) is 0 Å². The number of hydrogen-bond donors (Lipinski definition) is 2. The molecule has 0 saturated carbocycles. The minimum Gasteiger partial charge on any atom is -0.398 e. The maximum Gasteiger partial charge on any atom is 0.243 e. The van der Waals surface area contributed by atoms with Crippen LogP contribution in [0, 0.1) is 6.92 Å². The molecule has 21 heavy (non-hydrogen) atoms. The summed E-state index contributed by atoms with van der Waals surface area (Å²) in [6, 6.07) is 12.9. The predicted molar refractivity (Wildman–Crippen MR) is 85.4 cm³/mol. The number of anilines is 1. The second-order valence-electron chi connectivity index (χ2n) is 4.94. The molecule has 0 saturated heterocycles. The number of nitrogens with one attached hydrogen (secondary N) is 1.